The van der Waals surface area contributed by atoms with Crippen LogP contribution in [0.4, 0.5) is 0 Å². The third-order valence-corrected chi connectivity index (χ3v) is 4.17. The number of ether oxygens (including phenoxy) is 1. The number of halogens is 1. The summed E-state index contributed by atoms with van der Waals surface area (Å²) in [5.41, 5.74) is 5.33. The summed E-state index contributed by atoms with van der Waals surface area (Å²) in [6.45, 7) is 5.40. The Bertz CT molecular complexity index is 432. The molecule has 1 saturated heterocycles. The normalized spacial score (nSPS) is 17.6. The maximum atomic E-state index is 11.1. The van der Waals surface area contributed by atoms with E-state index in [0.29, 0.717) is 18.8 Å². The van der Waals surface area contributed by atoms with Crippen molar-refractivity contribution in [2.24, 2.45) is 16.6 Å². The number of esters is 1. The fraction of sp³-hybridized carbons (Fsp3) is 0.824. The zero-order chi connectivity index (χ0) is 17.8. The van der Waals surface area contributed by atoms with Gasteiger partial charge in [-0.25, -0.2) is 0 Å². The lowest BCUT2D eigenvalue weighted by atomic mass is 9.95. The molecule has 1 aliphatic rings. The maximum absolute atomic E-state index is 11.1. The summed E-state index contributed by atoms with van der Waals surface area (Å²) in [7, 11) is 1.42. The first-order valence-electron chi connectivity index (χ1n) is 8.95. The lowest BCUT2D eigenvalue weighted by Gasteiger charge is -2.34. The van der Waals surface area contributed by atoms with E-state index in [0.717, 1.165) is 64.2 Å². The molecule has 3 N–H and O–H groups in total. The number of carbonyl (C=O) groups is 2. The lowest BCUT2D eigenvalue weighted by molar-refractivity contribution is -0.140. The molecule has 1 atom stereocenters. The Morgan fingerprint density at radius 2 is 2.08 bits per heavy atom. The molecule has 25 heavy (non-hydrogen) atoms. The molecule has 8 heteroatoms. The number of amides is 1. The van der Waals surface area contributed by atoms with Crippen LogP contribution in [0.1, 0.15) is 51.9 Å². The minimum atomic E-state index is -0.227. The zero-order valence-electron chi connectivity index (χ0n) is 15.5. The molecule has 0 spiro atoms. The molecule has 0 aromatic carbocycles. The predicted molar refractivity (Wildman–Crippen MR) is 110 cm³/mol. The number of nitrogens with one attached hydrogen (secondary N) is 1. The molecular weight excluding hydrogens is 435 g/mol. The van der Waals surface area contributed by atoms with E-state index in [1.165, 1.54) is 7.11 Å². The summed E-state index contributed by atoms with van der Waals surface area (Å²) in [6.07, 6.45) is 5.77. The number of guanidine groups is 1. The molecule has 0 aromatic rings. The maximum Gasteiger partial charge on any atom is 0.305 e. The van der Waals surface area contributed by atoms with E-state index in [2.05, 4.69) is 26.9 Å². The van der Waals surface area contributed by atoms with Gasteiger partial charge < -0.3 is 20.7 Å². The molecule has 0 radical (unpaired) electrons. The van der Waals surface area contributed by atoms with Crippen LogP contribution >= 0.6 is 24.0 Å². The number of primary amides is 1. The van der Waals surface area contributed by atoms with E-state index in [-0.39, 0.29) is 35.9 Å². The van der Waals surface area contributed by atoms with Crippen molar-refractivity contribution >= 4 is 41.8 Å². The smallest absolute Gasteiger partial charge is 0.305 e. The van der Waals surface area contributed by atoms with Crippen molar-refractivity contribution in [2.45, 2.75) is 51.9 Å². The number of rotatable bonds is 9. The third kappa shape index (κ3) is 10.5. The molecule has 0 aliphatic carbocycles. The summed E-state index contributed by atoms with van der Waals surface area (Å²) >= 11 is 0. The van der Waals surface area contributed by atoms with Gasteiger partial charge in [0.05, 0.1) is 7.11 Å². The minimum Gasteiger partial charge on any atom is -0.469 e. The molecule has 0 saturated carbocycles. The predicted octanol–water partition coefficient (Wildman–Crippen LogP) is 1.89. The second-order valence-electron chi connectivity index (χ2n) is 6.25. The molecule has 0 bridgehead atoms. The monoisotopic (exact) mass is 468 g/mol. The molecule has 146 valence electrons. The van der Waals surface area contributed by atoms with Crippen molar-refractivity contribution in [2.75, 3.05) is 33.3 Å². The van der Waals surface area contributed by atoms with E-state index in [4.69, 9.17) is 5.73 Å². The van der Waals surface area contributed by atoms with Gasteiger partial charge in [-0.2, -0.15) is 0 Å². The van der Waals surface area contributed by atoms with Crippen molar-refractivity contribution in [3.05, 3.63) is 0 Å². The number of nitrogens with zero attached hydrogens (tertiary/aromatic N) is 2. The fourth-order valence-electron chi connectivity index (χ4n) is 2.98. The number of aliphatic imine (C=N–C) groups is 1. The van der Waals surface area contributed by atoms with Crippen LogP contribution in [0.25, 0.3) is 0 Å². The van der Waals surface area contributed by atoms with E-state index in [9.17, 15) is 9.59 Å². The number of methoxy groups -OCH3 is 1. The topological polar surface area (TPSA) is 97.0 Å². The Balaban J connectivity index is 0.00000576. The highest BCUT2D eigenvalue weighted by molar-refractivity contribution is 14.0. The SMILES string of the molecule is CCNC(=NCCCCCC(=O)OC)N1CCCC(CC(N)=O)C1.I. The van der Waals surface area contributed by atoms with Gasteiger partial charge in [-0.3, -0.25) is 14.6 Å². The Labute approximate surface area is 168 Å². The number of hydrogen-bond acceptors (Lipinski definition) is 4. The van der Waals surface area contributed by atoms with Crippen molar-refractivity contribution < 1.29 is 14.3 Å². The van der Waals surface area contributed by atoms with Gasteiger partial charge in [0.15, 0.2) is 5.96 Å². The van der Waals surface area contributed by atoms with Crippen molar-refractivity contribution in [1.82, 2.24) is 10.2 Å². The van der Waals surface area contributed by atoms with E-state index >= 15 is 0 Å². The van der Waals surface area contributed by atoms with E-state index < -0.39 is 0 Å². The largest absolute Gasteiger partial charge is 0.469 e. The molecule has 1 heterocycles. The molecule has 1 unspecified atom stereocenters. The number of nitrogens with two attached hydrogens (primary N) is 1. The third-order valence-electron chi connectivity index (χ3n) is 4.17. The standard InChI is InChI=1S/C17H32N4O3.HI/c1-3-19-17(20-10-6-4-5-9-16(23)24-2)21-11-7-8-14(13-21)12-15(18)22;/h14H,3-13H2,1-2H3,(H2,18,22)(H,19,20);1H. The summed E-state index contributed by atoms with van der Waals surface area (Å²) in [5.74, 6) is 0.856. The quantitative estimate of drug-likeness (QED) is 0.177. The van der Waals surface area contributed by atoms with Crippen molar-refractivity contribution in [1.29, 1.82) is 0 Å². The first kappa shape index (κ1) is 23.9. The van der Waals surface area contributed by atoms with Crippen LogP contribution in [-0.2, 0) is 14.3 Å². The lowest BCUT2D eigenvalue weighted by Crippen LogP contribution is -2.47. The highest BCUT2D eigenvalue weighted by Crippen LogP contribution is 2.19. The van der Waals surface area contributed by atoms with Gasteiger partial charge in [0, 0.05) is 39.0 Å². The van der Waals surface area contributed by atoms with Crippen LogP contribution in [-0.4, -0.2) is 56.0 Å². The van der Waals surface area contributed by atoms with Crippen molar-refractivity contribution in [3.63, 3.8) is 0 Å². The Kier molecular flexibility index (Phi) is 13.5. The molecule has 1 rings (SSSR count). The highest BCUT2D eigenvalue weighted by atomic mass is 127. The molecule has 1 aliphatic heterocycles. The Hall–Kier alpha value is -1.06. The molecular formula is C17H33IN4O3. The van der Waals surface area contributed by atoms with Crippen LogP contribution in [0.3, 0.4) is 0 Å². The van der Waals surface area contributed by atoms with Gasteiger partial charge >= 0.3 is 5.97 Å². The van der Waals surface area contributed by atoms with Crippen LogP contribution in [0.2, 0.25) is 0 Å². The molecule has 1 amide bonds. The number of likely N-dealkylation sites (tertiary alicyclic amines) is 1. The van der Waals surface area contributed by atoms with Crippen LogP contribution in [0.5, 0.6) is 0 Å². The van der Waals surface area contributed by atoms with Crippen LogP contribution in [0.15, 0.2) is 4.99 Å². The van der Waals surface area contributed by atoms with Gasteiger partial charge in [0.2, 0.25) is 5.91 Å². The fourth-order valence-corrected chi connectivity index (χ4v) is 2.98. The number of hydrogen-bond donors (Lipinski definition) is 2. The van der Waals surface area contributed by atoms with Gasteiger partial charge in [-0.05, 0) is 38.5 Å². The average Bonchev–Trinajstić information content (AvgIpc) is 2.56. The molecule has 1 fully saturated rings. The number of unbranched alkanes of at least 4 members (excludes halogenated alkanes) is 2. The van der Waals surface area contributed by atoms with Gasteiger partial charge in [-0.1, -0.05) is 6.42 Å². The zero-order valence-corrected chi connectivity index (χ0v) is 17.8. The van der Waals surface area contributed by atoms with Gasteiger partial charge in [0.1, 0.15) is 0 Å². The average molecular weight is 468 g/mol. The van der Waals surface area contributed by atoms with Crippen LogP contribution < -0.4 is 11.1 Å². The summed E-state index contributed by atoms with van der Waals surface area (Å²) < 4.78 is 4.63. The van der Waals surface area contributed by atoms with E-state index in [1.807, 2.05) is 0 Å². The summed E-state index contributed by atoms with van der Waals surface area (Å²) in [5, 5.41) is 3.33. The van der Waals surface area contributed by atoms with E-state index in [1.54, 1.807) is 0 Å². The Morgan fingerprint density at radius 3 is 2.72 bits per heavy atom. The van der Waals surface area contributed by atoms with Crippen LogP contribution in [0, 0.1) is 5.92 Å². The second kappa shape index (κ2) is 14.1. The minimum absolute atomic E-state index is 0. The number of carbonyl (C=O) groups excluding carboxylic acids is 2. The highest BCUT2D eigenvalue weighted by Gasteiger charge is 2.23. The summed E-state index contributed by atoms with van der Waals surface area (Å²) in [4.78, 5) is 29.1. The summed E-state index contributed by atoms with van der Waals surface area (Å²) in [6, 6.07) is 0. The van der Waals surface area contributed by atoms with Crippen molar-refractivity contribution in [3.8, 4) is 0 Å². The Morgan fingerprint density at radius 1 is 1.32 bits per heavy atom. The van der Waals surface area contributed by atoms with Gasteiger partial charge in [0.25, 0.3) is 0 Å². The second-order valence-corrected chi connectivity index (χ2v) is 6.25. The first-order chi connectivity index (χ1) is 11.6. The first-order valence-corrected chi connectivity index (χ1v) is 8.95. The molecule has 7 nitrogen and oxygen atoms in total. The van der Waals surface area contributed by atoms with Gasteiger partial charge in [-0.15, -0.1) is 24.0 Å². The number of piperidine rings is 1. The molecule has 0 aromatic heterocycles.